The number of rotatable bonds is 10. The van der Waals surface area contributed by atoms with Gasteiger partial charge in [0.15, 0.2) is 11.5 Å². The zero-order valence-corrected chi connectivity index (χ0v) is 15.4. The lowest BCUT2D eigenvalue weighted by Gasteiger charge is -2.15. The molecule has 1 heterocycles. The van der Waals surface area contributed by atoms with Gasteiger partial charge in [-0.3, -0.25) is 15.5 Å². The van der Waals surface area contributed by atoms with Crippen molar-refractivity contribution < 1.29 is 14.4 Å². The van der Waals surface area contributed by atoms with E-state index >= 15 is 0 Å². The van der Waals surface area contributed by atoms with Crippen LogP contribution in [0.4, 0.5) is 11.5 Å². The maximum Gasteiger partial charge on any atom is 0.313 e. The Morgan fingerprint density at radius 1 is 1.46 bits per heavy atom. The van der Waals surface area contributed by atoms with Crippen molar-refractivity contribution in [3.63, 3.8) is 0 Å². The Morgan fingerprint density at radius 2 is 2.29 bits per heavy atom. The van der Waals surface area contributed by atoms with Crippen LogP contribution in [0.2, 0.25) is 0 Å². The van der Waals surface area contributed by atoms with E-state index in [0.29, 0.717) is 30.1 Å². The summed E-state index contributed by atoms with van der Waals surface area (Å²) < 4.78 is 11.3. The van der Waals surface area contributed by atoms with Crippen LogP contribution < -0.4 is 14.9 Å². The Morgan fingerprint density at radius 3 is 2.96 bits per heavy atom. The highest BCUT2D eigenvalue weighted by Gasteiger charge is 2.14. The Kier molecular flexibility index (Phi) is 7.54. The SMILES string of the molecule is C#CCOc1c(CC=C)cc(/C=N\Nc2ncccc2[N+](=O)[O-])cc1OCC. The molecule has 0 saturated heterocycles. The summed E-state index contributed by atoms with van der Waals surface area (Å²) in [6.45, 7) is 6.17. The molecule has 0 radical (unpaired) electrons. The van der Waals surface area contributed by atoms with Gasteiger partial charge in [-0.1, -0.05) is 12.0 Å². The summed E-state index contributed by atoms with van der Waals surface area (Å²) in [5, 5.41) is 15.1. The van der Waals surface area contributed by atoms with Crippen LogP contribution in [0.3, 0.4) is 0 Å². The molecule has 8 heteroatoms. The van der Waals surface area contributed by atoms with Crippen molar-refractivity contribution in [3.05, 3.63) is 64.4 Å². The molecule has 2 aromatic rings. The molecule has 0 aliphatic carbocycles. The number of anilines is 1. The van der Waals surface area contributed by atoms with Crippen LogP contribution in [0, 0.1) is 22.5 Å². The quantitative estimate of drug-likeness (QED) is 0.222. The maximum atomic E-state index is 11.0. The van der Waals surface area contributed by atoms with E-state index in [1.807, 2.05) is 13.0 Å². The summed E-state index contributed by atoms with van der Waals surface area (Å²) in [6, 6.07) is 6.43. The normalized spacial score (nSPS) is 10.3. The minimum absolute atomic E-state index is 0.0501. The van der Waals surface area contributed by atoms with Gasteiger partial charge in [-0.25, -0.2) is 4.98 Å². The van der Waals surface area contributed by atoms with Crippen LogP contribution in [0.25, 0.3) is 0 Å². The van der Waals surface area contributed by atoms with Crippen LogP contribution in [0.15, 0.2) is 48.2 Å². The maximum absolute atomic E-state index is 11.0. The molecule has 8 nitrogen and oxygen atoms in total. The lowest BCUT2D eigenvalue weighted by atomic mass is 10.1. The second-order valence-electron chi connectivity index (χ2n) is 5.42. The zero-order chi connectivity index (χ0) is 20.4. The fourth-order valence-electron chi connectivity index (χ4n) is 2.40. The van der Waals surface area contributed by atoms with E-state index in [1.165, 1.54) is 24.5 Å². The highest BCUT2D eigenvalue weighted by atomic mass is 16.6. The minimum atomic E-state index is -0.530. The number of allylic oxidation sites excluding steroid dienone is 1. The number of nitro groups is 1. The number of hydrogen-bond donors (Lipinski definition) is 1. The van der Waals surface area contributed by atoms with Gasteiger partial charge in [0.2, 0.25) is 5.82 Å². The first-order valence-corrected chi connectivity index (χ1v) is 8.46. The standard InChI is InChI=1S/C20H20N4O4/c1-4-8-16-12-15(13-18(27-6-3)19(16)28-11-5-2)14-22-23-20-17(24(25)26)9-7-10-21-20/h2,4,7,9-10,12-14H,1,6,8,11H2,3H3,(H,21,23)/b22-14-. The molecule has 0 fully saturated rings. The number of ether oxygens (including phenoxy) is 2. The van der Waals surface area contributed by atoms with Crippen LogP contribution in [-0.4, -0.2) is 29.3 Å². The van der Waals surface area contributed by atoms with Gasteiger partial charge in [-0.2, -0.15) is 5.10 Å². The molecule has 0 saturated carbocycles. The number of benzene rings is 1. The molecule has 0 amide bonds. The number of nitrogens with zero attached hydrogens (tertiary/aromatic N) is 3. The smallest absolute Gasteiger partial charge is 0.313 e. The number of nitrogens with one attached hydrogen (secondary N) is 1. The Bertz CT molecular complexity index is 919. The van der Waals surface area contributed by atoms with Gasteiger partial charge in [0.25, 0.3) is 0 Å². The second-order valence-corrected chi connectivity index (χ2v) is 5.42. The van der Waals surface area contributed by atoms with Crippen molar-refractivity contribution >= 4 is 17.7 Å². The summed E-state index contributed by atoms with van der Waals surface area (Å²) in [4.78, 5) is 14.4. The largest absolute Gasteiger partial charge is 0.490 e. The lowest BCUT2D eigenvalue weighted by Crippen LogP contribution is -2.04. The van der Waals surface area contributed by atoms with E-state index in [1.54, 1.807) is 12.1 Å². The molecule has 1 aromatic heterocycles. The first kappa shape index (κ1) is 20.5. The molecular weight excluding hydrogens is 360 g/mol. The molecular formula is C20H20N4O4. The van der Waals surface area contributed by atoms with E-state index in [9.17, 15) is 10.1 Å². The van der Waals surface area contributed by atoms with E-state index in [4.69, 9.17) is 15.9 Å². The summed E-state index contributed by atoms with van der Waals surface area (Å²) in [5.41, 5.74) is 3.97. The van der Waals surface area contributed by atoms with Gasteiger partial charge in [-0.15, -0.1) is 13.0 Å². The van der Waals surface area contributed by atoms with E-state index in [2.05, 4.69) is 28.0 Å². The molecule has 2 rings (SSSR count). The molecule has 0 unspecified atom stereocenters. The highest BCUT2D eigenvalue weighted by molar-refractivity contribution is 5.82. The van der Waals surface area contributed by atoms with Crippen molar-refractivity contribution in [2.75, 3.05) is 18.6 Å². The van der Waals surface area contributed by atoms with Crippen LogP contribution >= 0.6 is 0 Å². The lowest BCUT2D eigenvalue weighted by molar-refractivity contribution is -0.384. The molecule has 1 N–H and O–H groups in total. The third-order valence-electron chi connectivity index (χ3n) is 3.49. The molecule has 0 aliphatic heterocycles. The highest BCUT2D eigenvalue weighted by Crippen LogP contribution is 2.33. The fourth-order valence-corrected chi connectivity index (χ4v) is 2.40. The Labute approximate surface area is 163 Å². The predicted molar refractivity (Wildman–Crippen MR) is 108 cm³/mol. The van der Waals surface area contributed by atoms with Crippen molar-refractivity contribution in [2.24, 2.45) is 5.10 Å². The molecule has 1 aromatic carbocycles. The van der Waals surface area contributed by atoms with Crippen LogP contribution in [0.1, 0.15) is 18.1 Å². The van der Waals surface area contributed by atoms with E-state index < -0.39 is 4.92 Å². The summed E-state index contributed by atoms with van der Waals surface area (Å²) in [6.07, 6.45) is 10.5. The molecule has 0 aliphatic rings. The average molecular weight is 380 g/mol. The van der Waals surface area contributed by atoms with Gasteiger partial charge in [-0.05, 0) is 37.1 Å². The Balaban J connectivity index is 2.32. The van der Waals surface area contributed by atoms with Crippen molar-refractivity contribution in [2.45, 2.75) is 13.3 Å². The van der Waals surface area contributed by atoms with Crippen LogP contribution in [-0.2, 0) is 6.42 Å². The van der Waals surface area contributed by atoms with Gasteiger partial charge in [0, 0.05) is 17.8 Å². The molecule has 0 atom stereocenters. The number of hydrogen-bond acceptors (Lipinski definition) is 7. The molecule has 144 valence electrons. The fraction of sp³-hybridized carbons (Fsp3) is 0.200. The predicted octanol–water partition coefficient (Wildman–Crippen LogP) is 3.58. The van der Waals surface area contributed by atoms with Gasteiger partial charge in [0.05, 0.1) is 17.7 Å². The molecule has 28 heavy (non-hydrogen) atoms. The third-order valence-corrected chi connectivity index (χ3v) is 3.49. The topological polar surface area (TPSA) is 98.9 Å². The van der Waals surface area contributed by atoms with Gasteiger partial charge in [0.1, 0.15) is 6.61 Å². The summed E-state index contributed by atoms with van der Waals surface area (Å²) in [5.74, 6) is 3.57. The number of terminal acetylenes is 1. The summed E-state index contributed by atoms with van der Waals surface area (Å²) >= 11 is 0. The zero-order valence-electron chi connectivity index (χ0n) is 15.4. The van der Waals surface area contributed by atoms with Crippen molar-refractivity contribution in [1.82, 2.24) is 4.98 Å². The molecule has 0 bridgehead atoms. The first-order chi connectivity index (χ1) is 13.6. The number of aromatic nitrogens is 1. The number of pyridine rings is 1. The van der Waals surface area contributed by atoms with Crippen LogP contribution in [0.5, 0.6) is 11.5 Å². The number of hydrazone groups is 1. The molecule has 0 spiro atoms. The van der Waals surface area contributed by atoms with Gasteiger partial charge >= 0.3 is 5.69 Å². The van der Waals surface area contributed by atoms with Gasteiger partial charge < -0.3 is 9.47 Å². The Hall–Kier alpha value is -3.86. The van der Waals surface area contributed by atoms with E-state index in [0.717, 1.165) is 5.56 Å². The second kappa shape index (κ2) is 10.3. The first-order valence-electron chi connectivity index (χ1n) is 8.46. The average Bonchev–Trinajstić information content (AvgIpc) is 2.68. The monoisotopic (exact) mass is 380 g/mol. The van der Waals surface area contributed by atoms with Crippen molar-refractivity contribution in [1.29, 1.82) is 0 Å². The summed E-state index contributed by atoms with van der Waals surface area (Å²) in [7, 11) is 0. The third kappa shape index (κ3) is 5.32. The minimum Gasteiger partial charge on any atom is -0.490 e. The van der Waals surface area contributed by atoms with E-state index in [-0.39, 0.29) is 18.1 Å². The van der Waals surface area contributed by atoms with Crippen molar-refractivity contribution in [3.8, 4) is 23.8 Å².